The van der Waals surface area contributed by atoms with Crippen molar-refractivity contribution in [2.45, 2.75) is 52.9 Å². The number of Topliss-reactive ketones (excluding diaryl/α,β-unsaturated/α-hetero) is 1. The van der Waals surface area contributed by atoms with Gasteiger partial charge in [-0.25, -0.2) is 9.50 Å². The second-order valence-electron chi connectivity index (χ2n) is 9.23. The van der Waals surface area contributed by atoms with Gasteiger partial charge in [0.2, 0.25) is 0 Å². The molecule has 7 heteroatoms. The van der Waals surface area contributed by atoms with Gasteiger partial charge in [-0.15, -0.1) is 11.3 Å². The number of aryl methyl sites for hydroxylation is 2. The summed E-state index contributed by atoms with van der Waals surface area (Å²) in [6.45, 7) is 13.2. The zero-order valence-corrected chi connectivity index (χ0v) is 19.6. The van der Waals surface area contributed by atoms with E-state index in [9.17, 15) is 4.79 Å². The van der Waals surface area contributed by atoms with Crippen LogP contribution in [0.5, 0.6) is 0 Å². The lowest BCUT2D eigenvalue weighted by atomic mass is 9.94. The van der Waals surface area contributed by atoms with Gasteiger partial charge in [0.25, 0.3) is 0 Å². The normalized spacial score (nSPS) is 17.5. The van der Waals surface area contributed by atoms with Crippen LogP contribution in [0, 0.1) is 13.8 Å². The number of rotatable bonds is 5. The molecule has 0 aliphatic carbocycles. The number of hydrogen-bond acceptors (Lipinski definition) is 5. The van der Waals surface area contributed by atoms with Crippen LogP contribution in [0.15, 0.2) is 18.6 Å². The van der Waals surface area contributed by atoms with E-state index in [0.717, 1.165) is 36.3 Å². The van der Waals surface area contributed by atoms with Gasteiger partial charge in [-0.05, 0) is 62.4 Å². The largest absolute Gasteiger partial charge is 0.346 e. The lowest BCUT2D eigenvalue weighted by Crippen LogP contribution is -2.26. The molecule has 5 rings (SSSR count). The van der Waals surface area contributed by atoms with Gasteiger partial charge in [0.05, 0.1) is 12.2 Å². The topological polar surface area (TPSA) is 66.3 Å². The Bertz CT molecular complexity index is 1290. The molecular formula is C24H29N5OS. The van der Waals surface area contributed by atoms with Crippen molar-refractivity contribution in [3.63, 3.8) is 0 Å². The van der Waals surface area contributed by atoms with Gasteiger partial charge in [-0.2, -0.15) is 5.10 Å². The minimum atomic E-state index is 0.252. The standard InChI is InChI=1S/C24H29N5OS/c1-13(2)19-20-16(5)22(17-6-7-28(10-17)9-15(4)30)31-24(20)27-21(19)18-8-14(3)23-25-12-26-29(23)11-18/h8,11-13,17,27H,6-7,9-10H2,1-5H3/t17-/m1/s1. The fourth-order valence-electron chi connectivity index (χ4n) is 5.18. The van der Waals surface area contributed by atoms with Crippen LogP contribution in [0.1, 0.15) is 60.6 Å². The second kappa shape index (κ2) is 7.57. The maximum atomic E-state index is 11.5. The van der Waals surface area contributed by atoms with Gasteiger partial charge in [-0.3, -0.25) is 9.69 Å². The SMILES string of the molecule is CC(=O)CN1CC[C@@H](c2sc3[nH]c(-c4cc(C)c5ncnn5c4)c(C(C)C)c3c2C)C1. The van der Waals surface area contributed by atoms with Crippen molar-refractivity contribution in [2.24, 2.45) is 0 Å². The van der Waals surface area contributed by atoms with E-state index in [-0.39, 0.29) is 5.78 Å². The molecule has 5 heterocycles. The maximum Gasteiger partial charge on any atom is 0.158 e. The highest BCUT2D eigenvalue weighted by Crippen LogP contribution is 2.45. The Morgan fingerprint density at radius 3 is 2.90 bits per heavy atom. The van der Waals surface area contributed by atoms with E-state index in [1.165, 1.54) is 31.9 Å². The molecule has 0 unspecified atom stereocenters. The molecule has 1 N–H and O–H groups in total. The number of nitrogens with one attached hydrogen (secondary N) is 1. The third kappa shape index (κ3) is 3.40. The first-order valence-corrected chi connectivity index (χ1v) is 11.8. The number of likely N-dealkylation sites (tertiary alicyclic amines) is 1. The minimum Gasteiger partial charge on any atom is -0.346 e. The predicted octanol–water partition coefficient (Wildman–Crippen LogP) is 5.06. The minimum absolute atomic E-state index is 0.252. The van der Waals surface area contributed by atoms with Crippen molar-refractivity contribution in [1.82, 2.24) is 24.5 Å². The molecule has 0 aromatic carbocycles. The van der Waals surface area contributed by atoms with Crippen molar-refractivity contribution < 1.29 is 4.79 Å². The Morgan fingerprint density at radius 2 is 2.16 bits per heavy atom. The zero-order valence-electron chi connectivity index (χ0n) is 18.8. The number of carbonyl (C=O) groups excluding carboxylic acids is 1. The molecule has 1 atom stereocenters. The van der Waals surface area contributed by atoms with E-state index >= 15 is 0 Å². The van der Waals surface area contributed by atoms with Crippen LogP contribution in [-0.2, 0) is 4.79 Å². The number of hydrogen-bond donors (Lipinski definition) is 1. The van der Waals surface area contributed by atoms with Crippen LogP contribution in [0.2, 0.25) is 0 Å². The molecule has 31 heavy (non-hydrogen) atoms. The summed E-state index contributed by atoms with van der Waals surface area (Å²) in [4.78, 5) is 24.7. The number of fused-ring (bicyclic) bond motifs is 2. The fourth-order valence-corrected chi connectivity index (χ4v) is 6.53. The molecular weight excluding hydrogens is 406 g/mol. The molecule has 0 bridgehead atoms. The van der Waals surface area contributed by atoms with E-state index in [1.807, 2.05) is 15.9 Å². The summed E-state index contributed by atoms with van der Waals surface area (Å²) in [5.74, 6) is 1.17. The summed E-state index contributed by atoms with van der Waals surface area (Å²) in [6.07, 6.45) is 4.81. The Morgan fingerprint density at radius 1 is 1.35 bits per heavy atom. The molecule has 1 fully saturated rings. The first-order valence-electron chi connectivity index (χ1n) is 11.0. The first-order chi connectivity index (χ1) is 14.8. The van der Waals surface area contributed by atoms with Crippen molar-refractivity contribution in [2.75, 3.05) is 19.6 Å². The Kier molecular flexibility index (Phi) is 4.98. The van der Waals surface area contributed by atoms with Crippen molar-refractivity contribution >= 4 is 33.0 Å². The summed E-state index contributed by atoms with van der Waals surface area (Å²) >= 11 is 1.90. The highest BCUT2D eigenvalue weighted by atomic mass is 32.1. The highest BCUT2D eigenvalue weighted by Gasteiger charge is 2.30. The quantitative estimate of drug-likeness (QED) is 0.476. The molecule has 0 spiro atoms. The smallest absolute Gasteiger partial charge is 0.158 e. The molecule has 0 amide bonds. The molecule has 0 saturated carbocycles. The molecule has 162 valence electrons. The van der Waals surface area contributed by atoms with Crippen LogP contribution in [-0.4, -0.2) is 49.9 Å². The van der Waals surface area contributed by atoms with Gasteiger partial charge in [0, 0.05) is 34.5 Å². The first kappa shape index (κ1) is 20.4. The van der Waals surface area contributed by atoms with E-state index in [1.54, 1.807) is 13.3 Å². The molecule has 0 radical (unpaired) electrons. The van der Waals surface area contributed by atoms with Gasteiger partial charge in [-0.1, -0.05) is 13.8 Å². The van der Waals surface area contributed by atoms with Crippen molar-refractivity contribution in [3.05, 3.63) is 40.2 Å². The second-order valence-corrected chi connectivity index (χ2v) is 10.3. The van der Waals surface area contributed by atoms with Crippen LogP contribution in [0.25, 0.3) is 27.1 Å². The Balaban J connectivity index is 1.59. The third-order valence-corrected chi connectivity index (χ3v) is 7.85. The predicted molar refractivity (Wildman–Crippen MR) is 126 cm³/mol. The van der Waals surface area contributed by atoms with Gasteiger partial charge in [0.1, 0.15) is 16.9 Å². The van der Waals surface area contributed by atoms with E-state index in [4.69, 9.17) is 0 Å². The Hall–Kier alpha value is -2.51. The summed E-state index contributed by atoms with van der Waals surface area (Å²) in [7, 11) is 0. The van der Waals surface area contributed by atoms with E-state index in [2.05, 4.69) is 59.9 Å². The number of pyridine rings is 1. The van der Waals surface area contributed by atoms with Gasteiger partial charge >= 0.3 is 0 Å². The molecule has 1 saturated heterocycles. The molecule has 4 aromatic heterocycles. The third-order valence-electron chi connectivity index (χ3n) is 6.48. The summed E-state index contributed by atoms with van der Waals surface area (Å²) in [5, 5.41) is 5.74. The van der Waals surface area contributed by atoms with E-state index in [0.29, 0.717) is 18.4 Å². The zero-order chi connectivity index (χ0) is 21.9. The van der Waals surface area contributed by atoms with Gasteiger partial charge in [0.15, 0.2) is 5.65 Å². The number of nitrogens with zero attached hydrogens (tertiary/aromatic N) is 4. The summed E-state index contributed by atoms with van der Waals surface area (Å²) in [5.41, 5.74) is 7.15. The number of aromatic nitrogens is 4. The van der Waals surface area contributed by atoms with Crippen LogP contribution >= 0.6 is 11.3 Å². The summed E-state index contributed by atoms with van der Waals surface area (Å²) < 4.78 is 1.87. The lowest BCUT2D eigenvalue weighted by Gasteiger charge is -2.14. The number of ketones is 1. The molecule has 6 nitrogen and oxygen atoms in total. The number of thiophene rings is 1. The van der Waals surface area contributed by atoms with Crippen molar-refractivity contribution in [1.29, 1.82) is 0 Å². The number of H-pyrrole nitrogens is 1. The van der Waals surface area contributed by atoms with Crippen LogP contribution in [0.3, 0.4) is 0 Å². The summed E-state index contributed by atoms with van der Waals surface area (Å²) in [6, 6.07) is 2.21. The molecule has 1 aliphatic heterocycles. The van der Waals surface area contributed by atoms with Gasteiger partial charge < -0.3 is 4.98 Å². The number of carbonyl (C=O) groups is 1. The van der Waals surface area contributed by atoms with Crippen LogP contribution < -0.4 is 0 Å². The maximum absolute atomic E-state index is 11.5. The monoisotopic (exact) mass is 435 g/mol. The van der Waals surface area contributed by atoms with Crippen molar-refractivity contribution in [3.8, 4) is 11.3 Å². The molecule has 1 aliphatic rings. The fraction of sp³-hybridized carbons (Fsp3) is 0.458. The highest BCUT2D eigenvalue weighted by molar-refractivity contribution is 7.19. The van der Waals surface area contributed by atoms with E-state index < -0.39 is 0 Å². The average Bonchev–Trinajstić information content (AvgIpc) is 3.45. The average molecular weight is 436 g/mol. The molecule has 4 aromatic rings. The number of aromatic amines is 1. The van der Waals surface area contributed by atoms with Crippen LogP contribution in [0.4, 0.5) is 0 Å². The Labute approximate surface area is 186 Å². The lowest BCUT2D eigenvalue weighted by molar-refractivity contribution is -0.117.